The molecule has 130 valence electrons. The molecule has 25 heavy (non-hydrogen) atoms. The van der Waals surface area contributed by atoms with Crippen molar-refractivity contribution in [2.75, 3.05) is 7.11 Å². The van der Waals surface area contributed by atoms with Gasteiger partial charge in [-0.15, -0.1) is 11.3 Å². The van der Waals surface area contributed by atoms with E-state index in [0.29, 0.717) is 6.42 Å². The zero-order valence-electron chi connectivity index (χ0n) is 13.7. The highest BCUT2D eigenvalue weighted by atomic mass is 32.1. The van der Waals surface area contributed by atoms with Crippen molar-refractivity contribution >= 4 is 28.9 Å². The molecule has 3 rings (SSSR count). The Bertz CT molecular complexity index is 801. The number of hydrogen-bond acceptors (Lipinski definition) is 6. The Morgan fingerprint density at radius 3 is 2.84 bits per heavy atom. The van der Waals surface area contributed by atoms with Gasteiger partial charge in [-0.05, 0) is 30.0 Å². The van der Waals surface area contributed by atoms with Crippen molar-refractivity contribution in [3.63, 3.8) is 0 Å². The van der Waals surface area contributed by atoms with Crippen LogP contribution in [0.15, 0.2) is 46.9 Å². The number of aliphatic carboxylic acids is 1. The number of carboxylic acids is 1. The molecule has 0 saturated heterocycles. The molecule has 0 N–H and O–H groups in total. The summed E-state index contributed by atoms with van der Waals surface area (Å²) in [7, 11) is 1.60. The van der Waals surface area contributed by atoms with Crippen molar-refractivity contribution in [1.82, 2.24) is 5.01 Å². The summed E-state index contributed by atoms with van der Waals surface area (Å²) in [6, 6.07) is 11.2. The molecule has 7 heteroatoms. The van der Waals surface area contributed by atoms with E-state index in [1.54, 1.807) is 18.4 Å². The Kier molecular flexibility index (Phi) is 5.14. The summed E-state index contributed by atoms with van der Waals surface area (Å²) >= 11 is 1.55. The summed E-state index contributed by atoms with van der Waals surface area (Å²) in [4.78, 5) is 24.1. The molecule has 0 unspecified atom stereocenters. The van der Waals surface area contributed by atoms with Gasteiger partial charge in [-0.1, -0.05) is 18.2 Å². The zero-order valence-corrected chi connectivity index (χ0v) is 14.5. The van der Waals surface area contributed by atoms with Crippen LogP contribution < -0.4 is 9.84 Å². The zero-order chi connectivity index (χ0) is 17.8. The fraction of sp³-hybridized carbons (Fsp3) is 0.278. The lowest BCUT2D eigenvalue weighted by Crippen LogP contribution is -2.29. The number of methoxy groups -OCH3 is 1. The van der Waals surface area contributed by atoms with Crippen LogP contribution in [0.5, 0.6) is 5.75 Å². The third kappa shape index (κ3) is 3.88. The fourth-order valence-corrected chi connectivity index (χ4v) is 3.56. The van der Waals surface area contributed by atoms with Crippen LogP contribution in [0.2, 0.25) is 0 Å². The summed E-state index contributed by atoms with van der Waals surface area (Å²) < 4.78 is 5.25. The molecule has 0 aliphatic carbocycles. The van der Waals surface area contributed by atoms with Crippen molar-refractivity contribution in [3.8, 4) is 5.75 Å². The SMILES string of the molecule is COc1cccc(C2=NN(C(=O)CCC(=O)[O-])[C@@H](c3cccs3)C2)c1. The highest BCUT2D eigenvalue weighted by molar-refractivity contribution is 7.10. The van der Waals surface area contributed by atoms with Gasteiger partial charge in [0.25, 0.3) is 0 Å². The minimum Gasteiger partial charge on any atom is -0.550 e. The first-order valence-corrected chi connectivity index (χ1v) is 8.73. The Morgan fingerprint density at radius 1 is 1.32 bits per heavy atom. The molecule has 1 aromatic carbocycles. The van der Waals surface area contributed by atoms with Crippen molar-refractivity contribution in [1.29, 1.82) is 0 Å². The molecule has 2 aromatic rings. The fourth-order valence-electron chi connectivity index (χ4n) is 2.74. The van der Waals surface area contributed by atoms with Crippen molar-refractivity contribution in [2.45, 2.75) is 25.3 Å². The van der Waals surface area contributed by atoms with Crippen LogP contribution in [-0.4, -0.2) is 29.7 Å². The van der Waals surface area contributed by atoms with Gasteiger partial charge in [-0.3, -0.25) is 4.79 Å². The van der Waals surface area contributed by atoms with Crippen LogP contribution >= 0.6 is 11.3 Å². The van der Waals surface area contributed by atoms with Crippen LogP contribution in [0.25, 0.3) is 0 Å². The Labute approximate surface area is 149 Å². The van der Waals surface area contributed by atoms with Crippen LogP contribution in [0, 0.1) is 0 Å². The van der Waals surface area contributed by atoms with Crippen molar-refractivity contribution in [2.24, 2.45) is 5.10 Å². The van der Waals surface area contributed by atoms with Gasteiger partial charge < -0.3 is 14.6 Å². The lowest BCUT2D eigenvalue weighted by Gasteiger charge is -2.20. The Morgan fingerprint density at radius 2 is 2.16 bits per heavy atom. The topological polar surface area (TPSA) is 82.0 Å². The molecule has 0 radical (unpaired) electrons. The number of rotatable bonds is 6. The average Bonchev–Trinajstić information content (AvgIpc) is 3.28. The van der Waals surface area contributed by atoms with Crippen LogP contribution in [0.4, 0.5) is 0 Å². The molecule has 0 saturated carbocycles. The van der Waals surface area contributed by atoms with Crippen LogP contribution in [-0.2, 0) is 9.59 Å². The lowest BCUT2D eigenvalue weighted by atomic mass is 10.0. The van der Waals surface area contributed by atoms with Gasteiger partial charge in [-0.2, -0.15) is 5.10 Å². The number of benzene rings is 1. The van der Waals surface area contributed by atoms with E-state index in [1.165, 1.54) is 5.01 Å². The van der Waals surface area contributed by atoms with E-state index >= 15 is 0 Å². The molecule has 0 bridgehead atoms. The molecular weight excluding hydrogens is 340 g/mol. The van der Waals surface area contributed by atoms with Gasteiger partial charge in [0.2, 0.25) is 5.91 Å². The molecule has 0 spiro atoms. The first-order valence-electron chi connectivity index (χ1n) is 7.85. The molecular formula is C18H17N2O4S-. The molecule has 1 aromatic heterocycles. The van der Waals surface area contributed by atoms with E-state index in [0.717, 1.165) is 21.9 Å². The van der Waals surface area contributed by atoms with Gasteiger partial charge in [0, 0.05) is 29.3 Å². The number of amides is 1. The maximum atomic E-state index is 12.5. The second kappa shape index (κ2) is 7.48. The third-order valence-electron chi connectivity index (χ3n) is 3.98. The highest BCUT2D eigenvalue weighted by Gasteiger charge is 2.33. The molecule has 1 amide bonds. The second-order valence-electron chi connectivity index (χ2n) is 5.62. The van der Waals surface area contributed by atoms with E-state index in [2.05, 4.69) is 5.10 Å². The number of nitrogens with zero attached hydrogens (tertiary/aromatic N) is 2. The number of carbonyl (C=O) groups excluding carboxylic acids is 2. The van der Waals surface area contributed by atoms with Crippen LogP contribution in [0.1, 0.15) is 35.7 Å². The second-order valence-corrected chi connectivity index (χ2v) is 6.60. The van der Waals surface area contributed by atoms with E-state index in [9.17, 15) is 14.7 Å². The largest absolute Gasteiger partial charge is 0.550 e. The van der Waals surface area contributed by atoms with Crippen molar-refractivity contribution < 1.29 is 19.4 Å². The predicted molar refractivity (Wildman–Crippen MR) is 92.3 cm³/mol. The van der Waals surface area contributed by atoms with Gasteiger partial charge in [-0.25, -0.2) is 5.01 Å². The molecule has 1 aliphatic heterocycles. The molecule has 1 atom stereocenters. The molecule has 1 aliphatic rings. The van der Waals surface area contributed by atoms with E-state index in [1.807, 2.05) is 41.8 Å². The number of hydrogen-bond donors (Lipinski definition) is 0. The summed E-state index contributed by atoms with van der Waals surface area (Å²) in [5.41, 5.74) is 1.66. The Balaban J connectivity index is 1.88. The average molecular weight is 357 g/mol. The first kappa shape index (κ1) is 17.2. The summed E-state index contributed by atoms with van der Waals surface area (Å²) in [6.45, 7) is 0. The Hall–Kier alpha value is -2.67. The minimum atomic E-state index is -1.24. The summed E-state index contributed by atoms with van der Waals surface area (Å²) in [5.74, 6) is -0.840. The maximum absolute atomic E-state index is 12.5. The van der Waals surface area contributed by atoms with Crippen LogP contribution in [0.3, 0.4) is 0 Å². The van der Waals surface area contributed by atoms with Gasteiger partial charge in [0.05, 0.1) is 18.9 Å². The number of hydrazone groups is 1. The smallest absolute Gasteiger partial charge is 0.243 e. The molecule has 6 nitrogen and oxygen atoms in total. The lowest BCUT2D eigenvalue weighted by molar-refractivity contribution is -0.305. The standard InChI is InChI=1S/C18H18N2O4S/c1-24-13-5-2-4-12(10-13)14-11-15(16-6-3-9-25-16)20(19-14)17(21)7-8-18(22)23/h2-6,9-10,15H,7-8,11H2,1H3,(H,22,23)/p-1/t15-/m1/s1. The number of thiophene rings is 1. The third-order valence-corrected chi connectivity index (χ3v) is 4.96. The number of carboxylic acid groups (broad SMARTS) is 1. The van der Waals surface area contributed by atoms with Gasteiger partial charge in [0.1, 0.15) is 5.75 Å². The number of carbonyl (C=O) groups is 2. The monoisotopic (exact) mass is 357 g/mol. The maximum Gasteiger partial charge on any atom is 0.243 e. The van der Waals surface area contributed by atoms with Gasteiger partial charge in [0.15, 0.2) is 0 Å². The van der Waals surface area contributed by atoms with E-state index in [-0.39, 0.29) is 24.8 Å². The minimum absolute atomic E-state index is 0.126. The highest BCUT2D eigenvalue weighted by Crippen LogP contribution is 2.36. The van der Waals surface area contributed by atoms with Crippen molar-refractivity contribution in [3.05, 3.63) is 52.2 Å². The first-order chi connectivity index (χ1) is 12.1. The summed E-state index contributed by atoms with van der Waals surface area (Å²) in [5, 5.41) is 18.5. The summed E-state index contributed by atoms with van der Waals surface area (Å²) in [6.07, 6.45) is 0.139. The normalized spacial score (nSPS) is 16.6. The van der Waals surface area contributed by atoms with Gasteiger partial charge >= 0.3 is 0 Å². The van der Waals surface area contributed by atoms with E-state index in [4.69, 9.17) is 4.74 Å². The number of ether oxygens (including phenoxy) is 1. The molecule has 2 heterocycles. The predicted octanol–water partition coefficient (Wildman–Crippen LogP) is 1.96. The molecule has 0 fully saturated rings. The quantitative estimate of drug-likeness (QED) is 0.791. The van der Waals surface area contributed by atoms with E-state index < -0.39 is 5.97 Å².